The predicted molar refractivity (Wildman–Crippen MR) is 128 cm³/mol. The number of thioether (sulfide) groups is 1. The van der Waals surface area contributed by atoms with Gasteiger partial charge in [0, 0.05) is 5.75 Å². The lowest BCUT2D eigenvalue weighted by Gasteiger charge is -2.19. The first kappa shape index (κ1) is 21.5. The molecule has 1 heterocycles. The summed E-state index contributed by atoms with van der Waals surface area (Å²) in [5.41, 5.74) is 5.24. The Bertz CT molecular complexity index is 924. The lowest BCUT2D eigenvalue weighted by atomic mass is 9.95. The highest BCUT2D eigenvalue weighted by Crippen LogP contribution is 2.38. The van der Waals surface area contributed by atoms with Crippen LogP contribution >= 0.6 is 24.2 Å². The van der Waals surface area contributed by atoms with E-state index in [9.17, 15) is 0 Å². The molecule has 4 rings (SSSR count). The molecule has 2 atom stereocenters. The fourth-order valence-corrected chi connectivity index (χ4v) is 4.42. The Morgan fingerprint density at radius 3 is 2.00 bits per heavy atom. The van der Waals surface area contributed by atoms with Crippen LogP contribution in [0.15, 0.2) is 89.9 Å². The third-order valence-corrected chi connectivity index (χ3v) is 6.15. The van der Waals surface area contributed by atoms with Crippen molar-refractivity contribution in [1.29, 1.82) is 0 Å². The van der Waals surface area contributed by atoms with Gasteiger partial charge in [-0.3, -0.25) is 4.99 Å². The second-order valence-corrected chi connectivity index (χ2v) is 8.47. The van der Waals surface area contributed by atoms with Crippen LogP contribution in [0.3, 0.4) is 0 Å². The zero-order valence-electron chi connectivity index (χ0n) is 16.8. The topological polar surface area (TPSA) is 24.4 Å². The van der Waals surface area contributed by atoms with Crippen LogP contribution in [0.1, 0.15) is 54.1 Å². The Balaban J connectivity index is 0.00000240. The van der Waals surface area contributed by atoms with Crippen LogP contribution in [0, 0.1) is 0 Å². The second kappa shape index (κ2) is 10.00. The molecule has 0 saturated carbocycles. The summed E-state index contributed by atoms with van der Waals surface area (Å²) < 4.78 is 0. The number of hydrogen-bond donors (Lipinski definition) is 1. The maximum Gasteiger partial charge on any atom is 0.158 e. The molecule has 0 aliphatic carbocycles. The molecule has 29 heavy (non-hydrogen) atoms. The zero-order valence-corrected chi connectivity index (χ0v) is 18.4. The average molecular weight is 423 g/mol. The van der Waals surface area contributed by atoms with E-state index in [4.69, 9.17) is 4.99 Å². The summed E-state index contributed by atoms with van der Waals surface area (Å²) in [7, 11) is 0. The van der Waals surface area contributed by atoms with Gasteiger partial charge in [-0.15, -0.1) is 12.4 Å². The lowest BCUT2D eigenvalue weighted by molar-refractivity contribution is 0.573. The summed E-state index contributed by atoms with van der Waals surface area (Å²) in [5.74, 6) is 1.49. The van der Waals surface area contributed by atoms with Gasteiger partial charge >= 0.3 is 0 Å². The minimum Gasteiger partial charge on any atom is -0.356 e. The third-order valence-electron chi connectivity index (χ3n) is 5.17. The predicted octanol–water partition coefficient (Wildman–Crippen LogP) is 6.91. The van der Waals surface area contributed by atoms with E-state index in [1.807, 2.05) is 0 Å². The van der Waals surface area contributed by atoms with Crippen LogP contribution in [-0.4, -0.2) is 5.17 Å². The van der Waals surface area contributed by atoms with E-state index >= 15 is 0 Å². The Morgan fingerprint density at radius 1 is 0.828 bits per heavy atom. The van der Waals surface area contributed by atoms with E-state index in [1.54, 1.807) is 11.8 Å². The molecule has 150 valence electrons. The summed E-state index contributed by atoms with van der Waals surface area (Å²) in [6, 6.07) is 30.4. The minimum absolute atomic E-state index is 0. The van der Waals surface area contributed by atoms with Crippen molar-refractivity contribution in [2.45, 2.75) is 37.6 Å². The molecule has 0 spiro atoms. The quantitative estimate of drug-likeness (QED) is 0.483. The zero-order chi connectivity index (χ0) is 19.3. The maximum atomic E-state index is 5.05. The Labute approximate surface area is 184 Å². The Morgan fingerprint density at radius 2 is 1.41 bits per heavy atom. The molecular weight excluding hydrogens is 396 g/mol. The summed E-state index contributed by atoms with van der Waals surface area (Å²) in [4.78, 5) is 5.05. The number of benzene rings is 3. The number of nitrogens with one attached hydrogen (secondary N) is 1. The number of amidine groups is 1. The molecule has 0 saturated heterocycles. The molecule has 2 nitrogen and oxygen atoms in total. The molecule has 3 aromatic rings. The van der Waals surface area contributed by atoms with Crippen molar-refractivity contribution < 1.29 is 0 Å². The smallest absolute Gasteiger partial charge is 0.158 e. The van der Waals surface area contributed by atoms with Crippen LogP contribution < -0.4 is 5.32 Å². The van der Waals surface area contributed by atoms with Gasteiger partial charge in [0.25, 0.3) is 0 Å². The van der Waals surface area contributed by atoms with Crippen LogP contribution in [-0.2, 0) is 5.75 Å². The van der Waals surface area contributed by atoms with Crippen molar-refractivity contribution in [2.75, 3.05) is 0 Å². The molecule has 0 radical (unpaired) electrons. The van der Waals surface area contributed by atoms with Gasteiger partial charge in [-0.05, 0) is 28.2 Å². The van der Waals surface area contributed by atoms with Gasteiger partial charge in [0.05, 0.1) is 6.04 Å². The van der Waals surface area contributed by atoms with Gasteiger partial charge < -0.3 is 5.32 Å². The van der Waals surface area contributed by atoms with Gasteiger partial charge in [0.1, 0.15) is 6.04 Å². The monoisotopic (exact) mass is 422 g/mol. The average Bonchev–Trinajstić information content (AvgIpc) is 3.18. The van der Waals surface area contributed by atoms with Gasteiger partial charge in [-0.25, -0.2) is 0 Å². The number of aliphatic imine (C=N–C) groups is 1. The van der Waals surface area contributed by atoms with E-state index < -0.39 is 0 Å². The summed E-state index contributed by atoms with van der Waals surface area (Å²) >= 11 is 1.79. The van der Waals surface area contributed by atoms with Gasteiger partial charge in [-0.2, -0.15) is 0 Å². The van der Waals surface area contributed by atoms with Crippen LogP contribution in [0.25, 0.3) is 0 Å². The molecule has 0 unspecified atom stereocenters. The van der Waals surface area contributed by atoms with Gasteiger partial charge in [0.2, 0.25) is 0 Å². The molecule has 1 N–H and O–H groups in total. The highest BCUT2D eigenvalue weighted by atomic mass is 35.5. The van der Waals surface area contributed by atoms with Crippen molar-refractivity contribution in [3.05, 3.63) is 107 Å². The molecule has 4 heteroatoms. The van der Waals surface area contributed by atoms with E-state index in [-0.39, 0.29) is 24.5 Å². The summed E-state index contributed by atoms with van der Waals surface area (Å²) in [5, 5.41) is 4.69. The van der Waals surface area contributed by atoms with E-state index in [0.717, 1.165) is 10.9 Å². The fourth-order valence-electron chi connectivity index (χ4n) is 3.52. The second-order valence-electron chi connectivity index (χ2n) is 7.51. The van der Waals surface area contributed by atoms with Crippen molar-refractivity contribution in [2.24, 2.45) is 4.99 Å². The SMILES string of the molecule is CC(C)c1ccc(CSC2=N[C@H](c3ccccc3)[C@H](c3ccccc3)N2)cc1.Cl. The number of halogens is 1. The van der Waals surface area contributed by atoms with Crippen molar-refractivity contribution >= 4 is 29.3 Å². The normalized spacial score (nSPS) is 18.1. The van der Waals surface area contributed by atoms with E-state index in [0.29, 0.717) is 5.92 Å². The third kappa shape index (κ3) is 5.23. The molecule has 1 aliphatic rings. The van der Waals surface area contributed by atoms with Crippen molar-refractivity contribution in [3.63, 3.8) is 0 Å². The molecular formula is C25H27ClN2S. The highest BCUT2D eigenvalue weighted by Gasteiger charge is 2.31. The first-order valence-corrected chi connectivity index (χ1v) is 10.8. The number of rotatable bonds is 5. The van der Waals surface area contributed by atoms with Crippen LogP contribution in [0.4, 0.5) is 0 Å². The van der Waals surface area contributed by atoms with Gasteiger partial charge in [0.15, 0.2) is 5.17 Å². The van der Waals surface area contributed by atoms with E-state index in [1.165, 1.54) is 22.3 Å². The molecule has 1 aliphatic heterocycles. The summed E-state index contributed by atoms with van der Waals surface area (Å²) in [6.07, 6.45) is 0. The largest absolute Gasteiger partial charge is 0.356 e. The summed E-state index contributed by atoms with van der Waals surface area (Å²) in [6.45, 7) is 4.46. The Kier molecular flexibility index (Phi) is 7.40. The van der Waals surface area contributed by atoms with Crippen molar-refractivity contribution in [1.82, 2.24) is 5.32 Å². The molecule has 0 aromatic heterocycles. The number of nitrogens with zero attached hydrogens (tertiary/aromatic N) is 1. The molecule has 0 fully saturated rings. The Hall–Kier alpha value is -2.23. The molecule has 0 bridgehead atoms. The lowest BCUT2D eigenvalue weighted by Crippen LogP contribution is -2.22. The standard InChI is InChI=1S/C25H26N2S.ClH/c1-18(2)20-15-13-19(14-16-20)17-28-25-26-23(21-9-5-3-6-10-21)24(27-25)22-11-7-4-8-12-22;/h3-16,18,23-24H,17H2,1-2H3,(H,26,27);1H/t23-,24+;. The first-order valence-electron chi connectivity index (χ1n) is 9.86. The maximum absolute atomic E-state index is 5.05. The van der Waals surface area contributed by atoms with Crippen LogP contribution in [0.2, 0.25) is 0 Å². The van der Waals surface area contributed by atoms with Crippen molar-refractivity contribution in [3.8, 4) is 0 Å². The number of hydrogen-bond acceptors (Lipinski definition) is 3. The van der Waals surface area contributed by atoms with Crippen LogP contribution in [0.5, 0.6) is 0 Å². The first-order chi connectivity index (χ1) is 13.7. The van der Waals surface area contributed by atoms with E-state index in [2.05, 4.69) is 104 Å². The molecule has 3 aromatic carbocycles. The molecule has 0 amide bonds. The van der Waals surface area contributed by atoms with Gasteiger partial charge in [-0.1, -0.05) is 111 Å². The highest BCUT2D eigenvalue weighted by molar-refractivity contribution is 8.13. The fraction of sp³-hybridized carbons (Fsp3) is 0.240. The minimum atomic E-state index is 0.